The Bertz CT molecular complexity index is 557. The van der Waals surface area contributed by atoms with Gasteiger partial charge in [0.1, 0.15) is 6.04 Å². The van der Waals surface area contributed by atoms with Crippen molar-refractivity contribution in [3.63, 3.8) is 0 Å². The highest BCUT2D eigenvalue weighted by Crippen LogP contribution is 2.22. The van der Waals surface area contributed by atoms with Gasteiger partial charge in [0.05, 0.1) is 6.54 Å². The first-order valence-corrected chi connectivity index (χ1v) is 8.86. The predicted octanol–water partition coefficient (Wildman–Crippen LogP) is 1.23. The Morgan fingerprint density at radius 3 is 2.91 bits per heavy atom. The standard InChI is InChI=1S/C16H23N3O2S/c1-2-3-4-12-5-6-13(22-12)10-18-7-8-19-14(11-18)16(21)17-9-15(19)20/h5-6,14H,2-4,7-11H2,1H3,(H,17,21). The molecule has 5 nitrogen and oxygen atoms in total. The number of thiophene rings is 1. The zero-order valence-corrected chi connectivity index (χ0v) is 13.8. The number of fused-ring (bicyclic) bond motifs is 1. The second-order valence-corrected chi connectivity index (χ2v) is 7.28. The monoisotopic (exact) mass is 321 g/mol. The predicted molar refractivity (Wildman–Crippen MR) is 86.7 cm³/mol. The van der Waals surface area contributed by atoms with Crippen LogP contribution in [0.25, 0.3) is 0 Å². The second kappa shape index (κ2) is 6.79. The number of nitrogens with one attached hydrogen (secondary N) is 1. The molecule has 2 aliphatic rings. The van der Waals surface area contributed by atoms with Crippen LogP contribution in [0, 0.1) is 0 Å². The van der Waals surface area contributed by atoms with Gasteiger partial charge in [-0.1, -0.05) is 13.3 Å². The molecule has 1 unspecified atom stereocenters. The Morgan fingerprint density at radius 2 is 2.09 bits per heavy atom. The van der Waals surface area contributed by atoms with Crippen LogP contribution in [0.3, 0.4) is 0 Å². The van der Waals surface area contributed by atoms with Crippen LogP contribution in [0.5, 0.6) is 0 Å². The Kier molecular flexibility index (Phi) is 4.78. The van der Waals surface area contributed by atoms with Gasteiger partial charge in [-0.3, -0.25) is 14.5 Å². The minimum Gasteiger partial charge on any atom is -0.345 e. The Labute approximate surface area is 135 Å². The molecular weight excluding hydrogens is 298 g/mol. The van der Waals surface area contributed by atoms with Gasteiger partial charge in [-0.2, -0.15) is 0 Å². The van der Waals surface area contributed by atoms with Crippen molar-refractivity contribution < 1.29 is 9.59 Å². The smallest absolute Gasteiger partial charge is 0.244 e. The van der Waals surface area contributed by atoms with E-state index in [2.05, 4.69) is 29.3 Å². The van der Waals surface area contributed by atoms with Crippen LogP contribution in [-0.4, -0.2) is 53.8 Å². The quantitative estimate of drug-likeness (QED) is 0.887. The van der Waals surface area contributed by atoms with Gasteiger partial charge in [0.25, 0.3) is 0 Å². The first-order chi connectivity index (χ1) is 10.7. The second-order valence-electron chi connectivity index (χ2n) is 6.03. The van der Waals surface area contributed by atoms with Gasteiger partial charge in [0, 0.05) is 35.9 Å². The molecule has 3 rings (SSSR count). The first kappa shape index (κ1) is 15.5. The third kappa shape index (κ3) is 3.33. The SMILES string of the molecule is CCCCc1ccc(CN2CCN3C(=O)CNC(=O)C3C2)s1. The number of unbranched alkanes of at least 4 members (excludes halogenated alkanes) is 1. The van der Waals surface area contributed by atoms with Gasteiger partial charge in [0.2, 0.25) is 11.8 Å². The normalized spacial score (nSPS) is 22.6. The highest BCUT2D eigenvalue weighted by Gasteiger charge is 2.38. The number of carbonyl (C=O) groups is 2. The molecule has 22 heavy (non-hydrogen) atoms. The van der Waals surface area contributed by atoms with Crippen molar-refractivity contribution >= 4 is 23.2 Å². The van der Waals surface area contributed by atoms with Crippen molar-refractivity contribution in [3.8, 4) is 0 Å². The topological polar surface area (TPSA) is 52.6 Å². The maximum absolute atomic E-state index is 12.0. The van der Waals surface area contributed by atoms with E-state index in [9.17, 15) is 9.59 Å². The number of hydrogen-bond donors (Lipinski definition) is 1. The number of hydrogen-bond acceptors (Lipinski definition) is 4. The van der Waals surface area contributed by atoms with Crippen molar-refractivity contribution in [2.24, 2.45) is 0 Å². The summed E-state index contributed by atoms with van der Waals surface area (Å²) in [6.07, 6.45) is 3.62. The molecule has 3 heterocycles. The summed E-state index contributed by atoms with van der Waals surface area (Å²) in [7, 11) is 0. The maximum Gasteiger partial charge on any atom is 0.244 e. The molecule has 120 valence electrons. The summed E-state index contributed by atoms with van der Waals surface area (Å²) in [5.74, 6) is 0.0290. The van der Waals surface area contributed by atoms with Gasteiger partial charge in [-0.05, 0) is 25.0 Å². The molecule has 2 amide bonds. The number of aryl methyl sites for hydroxylation is 1. The molecule has 0 saturated carbocycles. The minimum absolute atomic E-state index is 0.0147. The lowest BCUT2D eigenvalue weighted by atomic mass is 10.1. The van der Waals surface area contributed by atoms with Crippen molar-refractivity contribution in [2.75, 3.05) is 26.2 Å². The third-order valence-electron chi connectivity index (χ3n) is 4.37. The Hall–Kier alpha value is -1.40. The van der Waals surface area contributed by atoms with Crippen molar-refractivity contribution in [3.05, 3.63) is 21.9 Å². The van der Waals surface area contributed by atoms with E-state index in [1.54, 1.807) is 4.90 Å². The van der Waals surface area contributed by atoms with Crippen LogP contribution < -0.4 is 5.32 Å². The maximum atomic E-state index is 12.0. The summed E-state index contributed by atoms with van der Waals surface area (Å²) in [6.45, 7) is 5.39. The van der Waals surface area contributed by atoms with Crippen LogP contribution in [0.2, 0.25) is 0 Å². The van der Waals surface area contributed by atoms with Crippen LogP contribution in [0.1, 0.15) is 29.5 Å². The average molecular weight is 321 g/mol. The van der Waals surface area contributed by atoms with E-state index in [0.717, 1.165) is 19.5 Å². The van der Waals surface area contributed by atoms with E-state index in [1.807, 2.05) is 11.3 Å². The van der Waals surface area contributed by atoms with E-state index >= 15 is 0 Å². The summed E-state index contributed by atoms with van der Waals surface area (Å²) in [4.78, 5) is 30.6. The minimum atomic E-state index is -0.311. The molecule has 0 aliphatic carbocycles. The highest BCUT2D eigenvalue weighted by atomic mass is 32.1. The van der Waals surface area contributed by atoms with Crippen LogP contribution in [-0.2, 0) is 22.6 Å². The summed E-state index contributed by atoms with van der Waals surface area (Å²) in [6, 6.07) is 4.12. The third-order valence-corrected chi connectivity index (χ3v) is 5.50. The Balaban J connectivity index is 1.59. The average Bonchev–Trinajstić information content (AvgIpc) is 2.96. The van der Waals surface area contributed by atoms with E-state index in [0.29, 0.717) is 13.1 Å². The molecule has 1 atom stereocenters. The van der Waals surface area contributed by atoms with Crippen molar-refractivity contribution in [1.29, 1.82) is 0 Å². The molecule has 2 fully saturated rings. The molecular formula is C16H23N3O2S. The molecule has 2 aliphatic heterocycles. The van der Waals surface area contributed by atoms with Gasteiger partial charge in [-0.25, -0.2) is 0 Å². The molecule has 1 aromatic rings. The lowest BCUT2D eigenvalue weighted by molar-refractivity contribution is -0.149. The number of carbonyl (C=O) groups excluding carboxylic acids is 2. The molecule has 0 spiro atoms. The summed E-state index contributed by atoms with van der Waals surface area (Å²) in [5.41, 5.74) is 0. The van der Waals surface area contributed by atoms with Crippen molar-refractivity contribution in [1.82, 2.24) is 15.1 Å². The van der Waals surface area contributed by atoms with Gasteiger partial charge < -0.3 is 10.2 Å². The van der Waals surface area contributed by atoms with E-state index in [1.165, 1.54) is 22.6 Å². The van der Waals surface area contributed by atoms with Crippen LogP contribution >= 0.6 is 11.3 Å². The lowest BCUT2D eigenvalue weighted by Gasteiger charge is -2.42. The van der Waals surface area contributed by atoms with Gasteiger partial charge in [0.15, 0.2) is 0 Å². The number of amides is 2. The summed E-state index contributed by atoms with van der Waals surface area (Å²) in [5, 5.41) is 2.69. The largest absolute Gasteiger partial charge is 0.345 e. The zero-order valence-electron chi connectivity index (χ0n) is 13.0. The summed E-state index contributed by atoms with van der Waals surface area (Å²) < 4.78 is 0. The molecule has 1 N–H and O–H groups in total. The van der Waals surface area contributed by atoms with Crippen LogP contribution in [0.4, 0.5) is 0 Å². The fourth-order valence-electron chi connectivity index (χ4n) is 3.10. The zero-order chi connectivity index (χ0) is 15.5. The Morgan fingerprint density at radius 1 is 1.27 bits per heavy atom. The number of piperazine rings is 2. The molecule has 0 radical (unpaired) electrons. The van der Waals surface area contributed by atoms with Crippen molar-refractivity contribution in [2.45, 2.75) is 38.8 Å². The van der Waals surface area contributed by atoms with Crippen LogP contribution in [0.15, 0.2) is 12.1 Å². The van der Waals surface area contributed by atoms with Gasteiger partial charge >= 0.3 is 0 Å². The summed E-state index contributed by atoms with van der Waals surface area (Å²) >= 11 is 1.87. The van der Waals surface area contributed by atoms with E-state index < -0.39 is 0 Å². The number of rotatable bonds is 5. The first-order valence-electron chi connectivity index (χ1n) is 8.04. The molecule has 0 bridgehead atoms. The van der Waals surface area contributed by atoms with E-state index in [-0.39, 0.29) is 24.4 Å². The number of nitrogens with zero attached hydrogens (tertiary/aromatic N) is 2. The molecule has 2 saturated heterocycles. The van der Waals surface area contributed by atoms with E-state index in [4.69, 9.17) is 0 Å². The fraction of sp³-hybridized carbons (Fsp3) is 0.625. The highest BCUT2D eigenvalue weighted by molar-refractivity contribution is 7.11. The molecule has 1 aromatic heterocycles. The lowest BCUT2D eigenvalue weighted by Crippen LogP contribution is -2.65. The molecule has 0 aromatic carbocycles. The fourth-order valence-corrected chi connectivity index (χ4v) is 4.20. The van der Waals surface area contributed by atoms with Gasteiger partial charge in [-0.15, -0.1) is 11.3 Å². The molecule has 6 heteroatoms.